The predicted octanol–water partition coefficient (Wildman–Crippen LogP) is 2.88. The van der Waals surface area contributed by atoms with E-state index in [-0.39, 0.29) is 17.4 Å². The summed E-state index contributed by atoms with van der Waals surface area (Å²) in [7, 11) is -3.63. The second-order valence-electron chi connectivity index (χ2n) is 6.86. The maximum atomic E-state index is 12.8. The molecule has 1 aliphatic rings. The minimum Gasteiger partial charge on any atom is -0.483 e. The summed E-state index contributed by atoms with van der Waals surface area (Å²) in [5, 5.41) is 4.65. The highest BCUT2D eigenvalue weighted by atomic mass is 32.2. The molecule has 4 rings (SSSR count). The lowest BCUT2D eigenvalue weighted by atomic mass is 10.1. The summed E-state index contributed by atoms with van der Waals surface area (Å²) in [6, 6.07) is 19.7. The number of rotatable bonds is 6. The number of benzene rings is 3. The number of hydrogen-bond acceptors (Lipinski definition) is 5. The monoisotopic (exact) mass is 426 g/mol. The fourth-order valence-corrected chi connectivity index (χ4v) is 4.79. The zero-order valence-corrected chi connectivity index (χ0v) is 17.1. The first-order valence-corrected chi connectivity index (χ1v) is 11.1. The number of anilines is 1. The van der Waals surface area contributed by atoms with Gasteiger partial charge in [-0.3, -0.25) is 4.79 Å². The van der Waals surface area contributed by atoms with Crippen LogP contribution in [-0.2, 0) is 19.6 Å². The van der Waals surface area contributed by atoms with Gasteiger partial charge in [-0.2, -0.15) is 4.31 Å². The van der Waals surface area contributed by atoms with E-state index in [9.17, 15) is 13.2 Å². The normalized spacial score (nSPS) is 15.1. The number of amides is 1. The Morgan fingerprint density at radius 2 is 1.73 bits per heavy atom. The van der Waals surface area contributed by atoms with Crippen LogP contribution in [0.15, 0.2) is 71.6 Å². The van der Waals surface area contributed by atoms with Gasteiger partial charge in [-0.25, -0.2) is 8.42 Å². The van der Waals surface area contributed by atoms with Crippen LogP contribution in [0.1, 0.15) is 0 Å². The second kappa shape index (κ2) is 8.83. The third-order valence-electron chi connectivity index (χ3n) is 4.83. The maximum Gasteiger partial charge on any atom is 0.262 e. The Morgan fingerprint density at radius 1 is 1.00 bits per heavy atom. The van der Waals surface area contributed by atoms with Crippen molar-refractivity contribution in [3.05, 3.63) is 66.7 Å². The van der Waals surface area contributed by atoms with Crippen molar-refractivity contribution in [1.82, 2.24) is 4.31 Å². The molecule has 3 aromatic rings. The molecule has 8 heteroatoms. The second-order valence-corrected chi connectivity index (χ2v) is 8.80. The average molecular weight is 426 g/mol. The molecular weight excluding hydrogens is 404 g/mol. The van der Waals surface area contributed by atoms with Crippen molar-refractivity contribution in [3.63, 3.8) is 0 Å². The third kappa shape index (κ3) is 4.46. The van der Waals surface area contributed by atoms with E-state index >= 15 is 0 Å². The van der Waals surface area contributed by atoms with Gasteiger partial charge in [0.05, 0.1) is 18.1 Å². The first kappa shape index (κ1) is 20.3. The number of nitrogens with zero attached hydrogens (tertiary/aromatic N) is 1. The van der Waals surface area contributed by atoms with Crippen LogP contribution in [0.2, 0.25) is 0 Å². The summed E-state index contributed by atoms with van der Waals surface area (Å²) in [4.78, 5) is 12.5. The molecule has 1 N–H and O–H groups in total. The Hall–Kier alpha value is -2.94. The zero-order chi connectivity index (χ0) is 21.0. The molecule has 3 aromatic carbocycles. The summed E-state index contributed by atoms with van der Waals surface area (Å²) in [5.41, 5.74) is 0.399. The number of sulfonamides is 1. The van der Waals surface area contributed by atoms with E-state index in [1.165, 1.54) is 16.4 Å². The summed E-state index contributed by atoms with van der Waals surface area (Å²) in [6.45, 7) is 1.20. The van der Waals surface area contributed by atoms with Gasteiger partial charge in [0, 0.05) is 24.2 Å². The Morgan fingerprint density at radius 3 is 2.57 bits per heavy atom. The molecule has 0 aliphatic carbocycles. The molecule has 1 amide bonds. The Balaban J connectivity index is 1.43. The van der Waals surface area contributed by atoms with E-state index in [1.54, 1.807) is 12.1 Å². The number of nitrogens with one attached hydrogen (secondary N) is 1. The van der Waals surface area contributed by atoms with Crippen molar-refractivity contribution in [2.24, 2.45) is 0 Å². The molecule has 0 unspecified atom stereocenters. The van der Waals surface area contributed by atoms with Crippen molar-refractivity contribution in [2.75, 3.05) is 38.2 Å². The molecule has 0 saturated carbocycles. The minimum atomic E-state index is -3.63. The third-order valence-corrected chi connectivity index (χ3v) is 6.73. The zero-order valence-electron chi connectivity index (χ0n) is 16.3. The number of ether oxygens (including phenoxy) is 2. The molecule has 1 fully saturated rings. The molecule has 0 spiro atoms. The SMILES string of the molecule is O=C(COc1cccc2ccccc12)Nc1cccc(S(=O)(=O)N2CCOCC2)c1. The van der Waals surface area contributed by atoms with Gasteiger partial charge in [-0.15, -0.1) is 0 Å². The molecule has 7 nitrogen and oxygen atoms in total. The lowest BCUT2D eigenvalue weighted by molar-refractivity contribution is -0.118. The number of carbonyl (C=O) groups is 1. The highest BCUT2D eigenvalue weighted by molar-refractivity contribution is 7.89. The lowest BCUT2D eigenvalue weighted by Gasteiger charge is -2.26. The van der Waals surface area contributed by atoms with Crippen LogP contribution in [0.5, 0.6) is 5.75 Å². The van der Waals surface area contributed by atoms with Crippen LogP contribution in [0, 0.1) is 0 Å². The molecule has 0 atom stereocenters. The molecule has 1 saturated heterocycles. The Labute approximate surface area is 175 Å². The molecule has 1 heterocycles. The fourth-order valence-electron chi connectivity index (χ4n) is 3.33. The van der Waals surface area contributed by atoms with Crippen molar-refractivity contribution < 1.29 is 22.7 Å². The van der Waals surface area contributed by atoms with E-state index < -0.39 is 10.0 Å². The molecule has 156 valence electrons. The summed E-state index contributed by atoms with van der Waals surface area (Å²) >= 11 is 0. The number of hydrogen-bond donors (Lipinski definition) is 1. The first-order chi connectivity index (χ1) is 14.5. The Kier molecular flexibility index (Phi) is 5.98. The van der Waals surface area contributed by atoms with Gasteiger partial charge in [-0.05, 0) is 29.7 Å². The molecular formula is C22H22N2O5S. The average Bonchev–Trinajstić information content (AvgIpc) is 2.78. The topological polar surface area (TPSA) is 84.9 Å². The number of fused-ring (bicyclic) bond motifs is 1. The van der Waals surface area contributed by atoms with E-state index in [4.69, 9.17) is 9.47 Å². The van der Waals surface area contributed by atoms with E-state index in [0.29, 0.717) is 37.7 Å². The largest absolute Gasteiger partial charge is 0.483 e. The predicted molar refractivity (Wildman–Crippen MR) is 114 cm³/mol. The van der Waals surface area contributed by atoms with Crippen molar-refractivity contribution >= 4 is 32.4 Å². The van der Waals surface area contributed by atoms with Crippen molar-refractivity contribution in [1.29, 1.82) is 0 Å². The van der Waals surface area contributed by atoms with Gasteiger partial charge < -0.3 is 14.8 Å². The quantitative estimate of drug-likeness (QED) is 0.655. The standard InChI is InChI=1S/C22H22N2O5S/c25-22(16-29-21-10-3-6-17-5-1-2-9-20(17)21)23-18-7-4-8-19(15-18)30(26,27)24-11-13-28-14-12-24/h1-10,15H,11-14,16H2,(H,23,25). The lowest BCUT2D eigenvalue weighted by Crippen LogP contribution is -2.40. The maximum absolute atomic E-state index is 12.8. The van der Waals surface area contributed by atoms with Gasteiger partial charge in [0.25, 0.3) is 5.91 Å². The molecule has 0 bridgehead atoms. The van der Waals surface area contributed by atoms with Crippen molar-refractivity contribution in [2.45, 2.75) is 4.90 Å². The van der Waals surface area contributed by atoms with Gasteiger partial charge in [-0.1, -0.05) is 42.5 Å². The summed E-state index contributed by atoms with van der Waals surface area (Å²) < 4.78 is 37.9. The van der Waals surface area contributed by atoms with E-state index in [0.717, 1.165) is 10.8 Å². The molecule has 0 aromatic heterocycles. The number of morpholine rings is 1. The minimum absolute atomic E-state index is 0.136. The summed E-state index contributed by atoms with van der Waals surface area (Å²) in [6.07, 6.45) is 0. The molecule has 0 radical (unpaired) electrons. The Bertz CT molecular complexity index is 1150. The van der Waals surface area contributed by atoms with Crippen LogP contribution in [-0.4, -0.2) is 51.5 Å². The van der Waals surface area contributed by atoms with Crippen LogP contribution in [0.25, 0.3) is 10.8 Å². The molecule has 30 heavy (non-hydrogen) atoms. The van der Waals surface area contributed by atoms with Gasteiger partial charge in [0.1, 0.15) is 5.75 Å². The van der Waals surface area contributed by atoms with E-state index in [1.807, 2.05) is 42.5 Å². The van der Waals surface area contributed by atoms with Gasteiger partial charge >= 0.3 is 0 Å². The number of carbonyl (C=O) groups excluding carboxylic acids is 1. The summed E-state index contributed by atoms with van der Waals surface area (Å²) in [5.74, 6) is 0.246. The van der Waals surface area contributed by atoms with Crippen molar-refractivity contribution in [3.8, 4) is 5.75 Å². The van der Waals surface area contributed by atoms with Gasteiger partial charge in [0.15, 0.2) is 6.61 Å². The highest BCUT2D eigenvalue weighted by Crippen LogP contribution is 2.25. The van der Waals surface area contributed by atoms with Gasteiger partial charge in [0.2, 0.25) is 10.0 Å². The fraction of sp³-hybridized carbons (Fsp3) is 0.227. The van der Waals surface area contributed by atoms with Crippen LogP contribution in [0.3, 0.4) is 0 Å². The van der Waals surface area contributed by atoms with Crippen LogP contribution >= 0.6 is 0 Å². The molecule has 1 aliphatic heterocycles. The van der Waals surface area contributed by atoms with E-state index in [2.05, 4.69) is 5.32 Å². The smallest absolute Gasteiger partial charge is 0.262 e. The first-order valence-electron chi connectivity index (χ1n) is 9.62. The van der Waals surface area contributed by atoms with Crippen LogP contribution < -0.4 is 10.1 Å². The highest BCUT2D eigenvalue weighted by Gasteiger charge is 2.26. The van der Waals surface area contributed by atoms with Crippen LogP contribution in [0.4, 0.5) is 5.69 Å².